The lowest BCUT2D eigenvalue weighted by Gasteiger charge is -2.52. The summed E-state index contributed by atoms with van der Waals surface area (Å²) >= 11 is 0. The number of carbonyl (C=O) groups is 3. The molecule has 180 valence electrons. The Morgan fingerprint density at radius 3 is 2.09 bits per heavy atom. The molecule has 0 aromatic heterocycles. The van der Waals surface area contributed by atoms with E-state index in [2.05, 4.69) is 9.47 Å². The zero-order valence-corrected chi connectivity index (χ0v) is 16.0. The fourth-order valence-corrected chi connectivity index (χ4v) is 3.22. The number of urea groups is 1. The van der Waals surface area contributed by atoms with Gasteiger partial charge in [0.2, 0.25) is 5.91 Å². The molecule has 7 nitrogen and oxygen atoms in total. The fraction of sp³-hybridized carbons (Fsp3) is 0.389. The molecule has 1 heterocycles. The normalized spacial score (nSPS) is 31.8. The first kappa shape index (κ1) is 24.4. The molecule has 1 aromatic carbocycles. The van der Waals surface area contributed by atoms with E-state index in [1.54, 1.807) is 0 Å². The zero-order valence-electron chi connectivity index (χ0n) is 16.0. The number of nitrogens with zero attached hydrogens (tertiary/aromatic N) is 1. The van der Waals surface area contributed by atoms with E-state index in [1.807, 2.05) is 0 Å². The van der Waals surface area contributed by atoms with Crippen LogP contribution < -0.4 is 5.32 Å². The number of esters is 1. The molecule has 0 spiro atoms. The lowest BCUT2D eigenvalue weighted by Crippen LogP contribution is -2.79. The van der Waals surface area contributed by atoms with Gasteiger partial charge >= 0.3 is 35.9 Å². The van der Waals surface area contributed by atoms with E-state index in [1.165, 1.54) is 23.5 Å². The van der Waals surface area contributed by atoms with Crippen LogP contribution in [0.25, 0.3) is 0 Å². The summed E-state index contributed by atoms with van der Waals surface area (Å²) in [6.07, 6.45) is -8.43. The standard InChI is InChI=1S/C18H12F8N2O5/c19-14(32-12(30)10-4-2-1-3-5-10)7-8-15(20,33-18(24,25)26)17(23,16(14,21)22)28-9-6-11(29)27-13(28)31/h1-5,7-8H,6,9H2,(H,27,29,31). The number of imide groups is 1. The second-order valence-corrected chi connectivity index (χ2v) is 6.88. The lowest BCUT2D eigenvalue weighted by atomic mass is 9.84. The summed E-state index contributed by atoms with van der Waals surface area (Å²) in [4.78, 5) is 34.5. The Balaban J connectivity index is 2.14. The second-order valence-electron chi connectivity index (χ2n) is 6.88. The van der Waals surface area contributed by atoms with Crippen molar-refractivity contribution in [3.63, 3.8) is 0 Å². The molecule has 33 heavy (non-hydrogen) atoms. The Hall–Kier alpha value is -3.23. The topological polar surface area (TPSA) is 84.9 Å². The number of hydrogen-bond donors (Lipinski definition) is 1. The van der Waals surface area contributed by atoms with Crippen LogP contribution in [0, 0.1) is 0 Å². The van der Waals surface area contributed by atoms with Crippen molar-refractivity contribution in [2.45, 2.75) is 36.2 Å². The van der Waals surface area contributed by atoms with Gasteiger partial charge < -0.3 is 4.74 Å². The van der Waals surface area contributed by atoms with Crippen LogP contribution in [-0.2, 0) is 14.3 Å². The molecule has 15 heteroatoms. The molecule has 3 atom stereocenters. The molecular weight excluding hydrogens is 476 g/mol. The van der Waals surface area contributed by atoms with Gasteiger partial charge in [-0.2, -0.15) is 13.2 Å². The Kier molecular flexibility index (Phi) is 5.68. The largest absolute Gasteiger partial charge is 0.525 e. The number of hydrogen-bond acceptors (Lipinski definition) is 5. The predicted octanol–water partition coefficient (Wildman–Crippen LogP) is 3.52. The summed E-state index contributed by atoms with van der Waals surface area (Å²) in [7, 11) is 0. The van der Waals surface area contributed by atoms with Gasteiger partial charge in [-0.1, -0.05) is 18.2 Å². The van der Waals surface area contributed by atoms with Gasteiger partial charge in [-0.3, -0.25) is 15.0 Å². The summed E-state index contributed by atoms with van der Waals surface area (Å²) in [5.74, 6) is -24.7. The van der Waals surface area contributed by atoms with Crippen molar-refractivity contribution in [1.29, 1.82) is 0 Å². The van der Waals surface area contributed by atoms with Crippen molar-refractivity contribution in [2.75, 3.05) is 6.54 Å². The van der Waals surface area contributed by atoms with Crippen LogP contribution in [0.15, 0.2) is 42.5 Å². The van der Waals surface area contributed by atoms with Crippen molar-refractivity contribution >= 4 is 17.9 Å². The van der Waals surface area contributed by atoms with Crippen LogP contribution in [0.1, 0.15) is 16.8 Å². The van der Waals surface area contributed by atoms with E-state index < -0.39 is 83.3 Å². The molecule has 3 rings (SSSR count). The number of benzene rings is 1. The molecule has 3 amide bonds. The first-order valence-corrected chi connectivity index (χ1v) is 8.88. The van der Waals surface area contributed by atoms with E-state index >= 15 is 22.0 Å². The maximum Gasteiger partial charge on any atom is 0.525 e. The van der Waals surface area contributed by atoms with Crippen LogP contribution in [0.5, 0.6) is 0 Å². The molecule has 1 aliphatic carbocycles. The van der Waals surface area contributed by atoms with Gasteiger partial charge in [0.25, 0.3) is 5.85 Å². The van der Waals surface area contributed by atoms with Crippen LogP contribution >= 0.6 is 0 Å². The minimum absolute atomic E-state index is 0.520. The number of rotatable bonds is 4. The highest BCUT2D eigenvalue weighted by Gasteiger charge is 2.85. The highest BCUT2D eigenvalue weighted by atomic mass is 19.4. The molecule has 0 bridgehead atoms. The molecule has 1 fully saturated rings. The zero-order chi connectivity index (χ0) is 24.9. The molecule has 0 radical (unpaired) electrons. The number of carbonyl (C=O) groups excluding carboxylic acids is 3. The average molecular weight is 488 g/mol. The number of amides is 3. The summed E-state index contributed by atoms with van der Waals surface area (Å²) in [6.45, 7) is -1.39. The monoisotopic (exact) mass is 488 g/mol. The average Bonchev–Trinajstić information content (AvgIpc) is 2.70. The van der Waals surface area contributed by atoms with E-state index in [0.717, 1.165) is 12.1 Å². The third-order valence-electron chi connectivity index (χ3n) is 4.75. The molecule has 3 unspecified atom stereocenters. The van der Waals surface area contributed by atoms with Gasteiger partial charge in [-0.05, 0) is 18.2 Å². The van der Waals surface area contributed by atoms with E-state index in [4.69, 9.17) is 0 Å². The quantitative estimate of drug-likeness (QED) is 0.304. The second kappa shape index (κ2) is 7.67. The summed E-state index contributed by atoms with van der Waals surface area (Å²) in [5, 5.41) is 1.30. The van der Waals surface area contributed by atoms with E-state index in [0.29, 0.717) is 0 Å². The van der Waals surface area contributed by atoms with Crippen molar-refractivity contribution < 1.29 is 59.0 Å². The van der Waals surface area contributed by atoms with Gasteiger partial charge in [0, 0.05) is 19.0 Å². The lowest BCUT2D eigenvalue weighted by molar-refractivity contribution is -0.448. The molecule has 2 aliphatic rings. The van der Waals surface area contributed by atoms with Crippen molar-refractivity contribution in [2.24, 2.45) is 0 Å². The first-order valence-electron chi connectivity index (χ1n) is 8.88. The Morgan fingerprint density at radius 1 is 0.970 bits per heavy atom. The molecule has 1 N–H and O–H groups in total. The summed E-state index contributed by atoms with van der Waals surface area (Å²) in [5.41, 5.74) is -0.520. The minimum atomic E-state index is -6.09. The third-order valence-corrected chi connectivity index (χ3v) is 4.75. The van der Waals surface area contributed by atoms with Gasteiger partial charge in [0.05, 0.1) is 5.56 Å². The van der Waals surface area contributed by atoms with E-state index in [9.17, 15) is 27.6 Å². The number of ether oxygens (including phenoxy) is 2. The van der Waals surface area contributed by atoms with Crippen molar-refractivity contribution in [3.05, 3.63) is 48.0 Å². The summed E-state index contributed by atoms with van der Waals surface area (Å²) in [6, 6.07) is 3.67. The first-order chi connectivity index (χ1) is 15.1. The van der Waals surface area contributed by atoms with Gasteiger partial charge in [-0.25, -0.2) is 23.1 Å². The van der Waals surface area contributed by atoms with Crippen LogP contribution in [0.3, 0.4) is 0 Å². The molecule has 1 aromatic rings. The smallest absolute Gasteiger partial charge is 0.415 e. The van der Waals surface area contributed by atoms with Crippen LogP contribution in [0.4, 0.5) is 39.9 Å². The van der Waals surface area contributed by atoms with Crippen LogP contribution in [0.2, 0.25) is 0 Å². The van der Waals surface area contributed by atoms with Gasteiger partial charge in [-0.15, -0.1) is 13.2 Å². The highest BCUT2D eigenvalue weighted by molar-refractivity contribution is 5.97. The molecule has 1 saturated heterocycles. The predicted molar refractivity (Wildman–Crippen MR) is 89.5 cm³/mol. The van der Waals surface area contributed by atoms with Gasteiger partial charge in [0.1, 0.15) is 0 Å². The van der Waals surface area contributed by atoms with Crippen molar-refractivity contribution in [3.8, 4) is 0 Å². The molecular formula is C18H12F8N2O5. The Labute approximate surface area is 178 Å². The number of halogens is 8. The maximum absolute atomic E-state index is 15.9. The fourth-order valence-electron chi connectivity index (χ4n) is 3.22. The Morgan fingerprint density at radius 2 is 1.55 bits per heavy atom. The molecule has 1 aliphatic heterocycles. The molecule has 0 saturated carbocycles. The maximum atomic E-state index is 15.9. The Bertz CT molecular complexity index is 1000. The summed E-state index contributed by atoms with van der Waals surface area (Å²) < 4.78 is 122. The van der Waals surface area contributed by atoms with Crippen molar-refractivity contribution in [1.82, 2.24) is 10.2 Å². The van der Waals surface area contributed by atoms with E-state index in [-0.39, 0.29) is 0 Å². The minimum Gasteiger partial charge on any atom is -0.415 e. The number of alkyl halides is 8. The SMILES string of the molecule is O=C1CCN(C2(F)C(F)(OC(F)(F)F)C=CC(F)(OC(=O)c3ccccc3)C2(F)F)C(=O)N1. The highest BCUT2D eigenvalue weighted by Crippen LogP contribution is 2.58. The third kappa shape index (κ3) is 3.89. The number of nitrogens with one attached hydrogen (secondary N) is 1. The van der Waals surface area contributed by atoms with Crippen LogP contribution in [-0.4, -0.2) is 59.1 Å². The van der Waals surface area contributed by atoms with Gasteiger partial charge in [0.15, 0.2) is 0 Å².